The summed E-state index contributed by atoms with van der Waals surface area (Å²) in [6, 6.07) is 14.7. The molecule has 8 heteroatoms. The molecular formula is C21H28N2O5S. The molecule has 0 unspecified atom stereocenters. The summed E-state index contributed by atoms with van der Waals surface area (Å²) in [6.07, 6.45) is 0.780. The van der Waals surface area contributed by atoms with E-state index in [1.807, 2.05) is 18.2 Å². The topological polar surface area (TPSA) is 77.1 Å². The van der Waals surface area contributed by atoms with Crippen LogP contribution in [0.25, 0.3) is 0 Å². The number of ether oxygens (including phenoxy) is 3. The van der Waals surface area contributed by atoms with E-state index >= 15 is 0 Å². The maximum absolute atomic E-state index is 12.5. The number of hydrogen-bond donors (Lipinski definition) is 1. The van der Waals surface area contributed by atoms with E-state index in [1.165, 1.54) is 31.9 Å². The standard InChI is InChI=1S/C21H28N2O5S/c1-26-19-10-9-18(15-20(19)27-2)29(24,25)22-11-6-12-23-13-14-28-21(16-23)17-7-4-3-5-8-17/h3-5,7-10,15,21-22H,6,11-14,16H2,1-2H3/t21-/m1/s1. The Balaban J connectivity index is 1.49. The van der Waals surface area contributed by atoms with Gasteiger partial charge in [0.15, 0.2) is 11.5 Å². The minimum Gasteiger partial charge on any atom is -0.493 e. The van der Waals surface area contributed by atoms with Crippen LogP contribution in [0, 0.1) is 0 Å². The third-order valence-electron chi connectivity index (χ3n) is 4.93. The maximum Gasteiger partial charge on any atom is 0.240 e. The summed E-state index contributed by atoms with van der Waals surface area (Å²) in [7, 11) is -0.612. The zero-order valence-corrected chi connectivity index (χ0v) is 17.7. The minimum absolute atomic E-state index is 0.0633. The van der Waals surface area contributed by atoms with Crippen molar-refractivity contribution in [2.24, 2.45) is 0 Å². The van der Waals surface area contributed by atoms with E-state index in [1.54, 1.807) is 6.07 Å². The molecule has 2 aromatic rings. The molecule has 2 aromatic carbocycles. The molecule has 1 atom stereocenters. The Kier molecular flexibility index (Phi) is 7.49. The first-order chi connectivity index (χ1) is 14.0. The summed E-state index contributed by atoms with van der Waals surface area (Å²) in [4.78, 5) is 2.47. The highest BCUT2D eigenvalue weighted by molar-refractivity contribution is 7.89. The summed E-state index contributed by atoms with van der Waals surface area (Å²) < 4.78 is 44.0. The van der Waals surface area contributed by atoms with Crippen LogP contribution < -0.4 is 14.2 Å². The molecule has 0 aliphatic carbocycles. The molecule has 1 fully saturated rings. The summed E-state index contributed by atoms with van der Waals surface area (Å²) in [5, 5.41) is 0. The van der Waals surface area contributed by atoms with Crippen molar-refractivity contribution < 1.29 is 22.6 Å². The van der Waals surface area contributed by atoms with Gasteiger partial charge in [0.1, 0.15) is 0 Å². The number of rotatable bonds is 9. The number of methoxy groups -OCH3 is 2. The van der Waals surface area contributed by atoms with E-state index in [0.717, 1.165) is 19.6 Å². The van der Waals surface area contributed by atoms with Gasteiger partial charge in [-0.05, 0) is 30.7 Å². The van der Waals surface area contributed by atoms with E-state index in [4.69, 9.17) is 14.2 Å². The predicted molar refractivity (Wildman–Crippen MR) is 111 cm³/mol. The first-order valence-electron chi connectivity index (χ1n) is 9.64. The SMILES string of the molecule is COc1ccc(S(=O)(=O)NCCCN2CCO[C@@H](c3ccccc3)C2)cc1OC. The van der Waals surface area contributed by atoms with Crippen molar-refractivity contribution in [3.05, 3.63) is 54.1 Å². The van der Waals surface area contributed by atoms with Crippen molar-refractivity contribution in [1.29, 1.82) is 0 Å². The van der Waals surface area contributed by atoms with Gasteiger partial charge < -0.3 is 14.2 Å². The average Bonchev–Trinajstić information content (AvgIpc) is 2.77. The van der Waals surface area contributed by atoms with Gasteiger partial charge in [-0.15, -0.1) is 0 Å². The van der Waals surface area contributed by atoms with Crippen LogP contribution in [0.4, 0.5) is 0 Å². The fourth-order valence-corrected chi connectivity index (χ4v) is 4.44. The number of sulfonamides is 1. The van der Waals surface area contributed by atoms with E-state index < -0.39 is 10.0 Å². The largest absolute Gasteiger partial charge is 0.493 e. The molecule has 1 N–H and O–H groups in total. The molecule has 1 aliphatic heterocycles. The van der Waals surface area contributed by atoms with E-state index in [9.17, 15) is 8.42 Å². The molecule has 29 heavy (non-hydrogen) atoms. The Hall–Kier alpha value is -2.13. The third kappa shape index (κ3) is 5.70. The molecule has 1 saturated heterocycles. The number of nitrogens with one attached hydrogen (secondary N) is 1. The molecule has 0 bridgehead atoms. The highest BCUT2D eigenvalue weighted by Gasteiger charge is 2.22. The maximum atomic E-state index is 12.5. The van der Waals surface area contributed by atoms with Crippen LogP contribution in [0.5, 0.6) is 11.5 Å². The smallest absolute Gasteiger partial charge is 0.240 e. The highest BCUT2D eigenvalue weighted by Crippen LogP contribution is 2.29. The van der Waals surface area contributed by atoms with Crippen molar-refractivity contribution in [3.8, 4) is 11.5 Å². The van der Waals surface area contributed by atoms with Crippen LogP contribution in [-0.2, 0) is 14.8 Å². The summed E-state index contributed by atoms with van der Waals surface area (Å²) >= 11 is 0. The van der Waals surface area contributed by atoms with E-state index in [0.29, 0.717) is 31.1 Å². The van der Waals surface area contributed by atoms with Crippen LogP contribution >= 0.6 is 0 Å². The van der Waals surface area contributed by atoms with Crippen LogP contribution in [-0.4, -0.2) is 60.3 Å². The van der Waals surface area contributed by atoms with Crippen LogP contribution in [0.3, 0.4) is 0 Å². The molecule has 1 heterocycles. The highest BCUT2D eigenvalue weighted by atomic mass is 32.2. The lowest BCUT2D eigenvalue weighted by atomic mass is 10.1. The quantitative estimate of drug-likeness (QED) is 0.628. The molecule has 3 rings (SSSR count). The van der Waals surface area contributed by atoms with Crippen LogP contribution in [0.2, 0.25) is 0 Å². The fraction of sp³-hybridized carbons (Fsp3) is 0.429. The number of hydrogen-bond acceptors (Lipinski definition) is 6. The first kappa shape index (κ1) is 21.6. The predicted octanol–water partition coefficient (Wildman–Crippen LogP) is 2.45. The summed E-state index contributed by atoms with van der Waals surface area (Å²) in [6.45, 7) is 3.51. The Morgan fingerprint density at radius 3 is 2.59 bits per heavy atom. The second-order valence-corrected chi connectivity index (χ2v) is 8.61. The lowest BCUT2D eigenvalue weighted by Crippen LogP contribution is -2.39. The van der Waals surface area contributed by atoms with Crippen molar-refractivity contribution in [2.75, 3.05) is 47.0 Å². The average molecular weight is 421 g/mol. The van der Waals surface area contributed by atoms with Gasteiger partial charge in [-0.3, -0.25) is 4.90 Å². The molecule has 7 nitrogen and oxygen atoms in total. The van der Waals surface area contributed by atoms with Crippen molar-refractivity contribution >= 4 is 10.0 Å². The molecule has 0 spiro atoms. The van der Waals surface area contributed by atoms with Crippen LogP contribution in [0.1, 0.15) is 18.1 Å². The molecule has 0 aromatic heterocycles. The molecule has 0 saturated carbocycles. The van der Waals surface area contributed by atoms with Gasteiger partial charge in [-0.2, -0.15) is 0 Å². The molecule has 1 aliphatic rings. The first-order valence-corrected chi connectivity index (χ1v) is 11.1. The van der Waals surface area contributed by atoms with E-state index in [-0.39, 0.29) is 11.0 Å². The van der Waals surface area contributed by atoms with Gasteiger partial charge in [-0.1, -0.05) is 30.3 Å². The van der Waals surface area contributed by atoms with E-state index in [2.05, 4.69) is 21.8 Å². The van der Waals surface area contributed by atoms with Gasteiger partial charge in [0.25, 0.3) is 0 Å². The second kappa shape index (κ2) is 10.1. The summed E-state index contributed by atoms with van der Waals surface area (Å²) in [5.74, 6) is 0.877. The van der Waals surface area contributed by atoms with Crippen molar-refractivity contribution in [3.63, 3.8) is 0 Å². The lowest BCUT2D eigenvalue weighted by Gasteiger charge is -2.33. The van der Waals surface area contributed by atoms with Crippen LogP contribution in [0.15, 0.2) is 53.4 Å². The van der Waals surface area contributed by atoms with Gasteiger partial charge in [0, 0.05) is 25.7 Å². The number of nitrogens with zero attached hydrogens (tertiary/aromatic N) is 1. The zero-order chi connectivity index (χ0) is 20.7. The zero-order valence-electron chi connectivity index (χ0n) is 16.8. The monoisotopic (exact) mass is 420 g/mol. The Morgan fingerprint density at radius 2 is 1.86 bits per heavy atom. The fourth-order valence-electron chi connectivity index (χ4n) is 3.35. The molecule has 158 valence electrons. The van der Waals surface area contributed by atoms with Gasteiger partial charge in [0.2, 0.25) is 10.0 Å². The van der Waals surface area contributed by atoms with Crippen molar-refractivity contribution in [1.82, 2.24) is 9.62 Å². The lowest BCUT2D eigenvalue weighted by molar-refractivity contribution is -0.0300. The van der Waals surface area contributed by atoms with Gasteiger partial charge >= 0.3 is 0 Å². The molecular weight excluding hydrogens is 392 g/mol. The Bertz CT molecular complexity index is 889. The number of benzene rings is 2. The summed E-state index contributed by atoms with van der Waals surface area (Å²) in [5.41, 5.74) is 1.17. The Labute approximate surface area is 172 Å². The van der Waals surface area contributed by atoms with Gasteiger partial charge in [-0.25, -0.2) is 13.1 Å². The molecule has 0 radical (unpaired) electrons. The van der Waals surface area contributed by atoms with Crippen molar-refractivity contribution in [2.45, 2.75) is 17.4 Å². The normalized spacial score (nSPS) is 17.8. The number of morpholine rings is 1. The molecule has 0 amide bonds. The van der Waals surface area contributed by atoms with Gasteiger partial charge in [0.05, 0.1) is 31.8 Å². The second-order valence-electron chi connectivity index (χ2n) is 6.84. The minimum atomic E-state index is -3.60. The third-order valence-corrected chi connectivity index (χ3v) is 6.39. The Morgan fingerprint density at radius 1 is 1.10 bits per heavy atom.